The zero-order valence-electron chi connectivity index (χ0n) is 17.0. The second-order valence-corrected chi connectivity index (χ2v) is 8.33. The van der Waals surface area contributed by atoms with Crippen LogP contribution in [0.15, 0.2) is 42.5 Å². The van der Waals surface area contributed by atoms with Gasteiger partial charge in [0.1, 0.15) is 5.75 Å². The fourth-order valence-electron chi connectivity index (χ4n) is 3.37. The number of carbonyl (C=O) groups excluding carboxylic acids is 2. The van der Waals surface area contributed by atoms with Crippen LogP contribution < -0.4 is 19.7 Å². The summed E-state index contributed by atoms with van der Waals surface area (Å²) in [6.07, 6.45) is 2.03. The third-order valence-electron chi connectivity index (χ3n) is 4.94. The summed E-state index contributed by atoms with van der Waals surface area (Å²) in [5.74, 6) is 0.509. The molecule has 1 aliphatic rings. The van der Waals surface area contributed by atoms with E-state index in [0.29, 0.717) is 46.7 Å². The first-order valence-corrected chi connectivity index (χ1v) is 11.1. The highest BCUT2D eigenvalue weighted by atomic mass is 35.5. The summed E-state index contributed by atoms with van der Waals surface area (Å²) in [6, 6.07) is 11.0. The molecule has 0 aromatic heterocycles. The molecule has 4 amide bonds. The van der Waals surface area contributed by atoms with Crippen LogP contribution in [-0.2, 0) is 0 Å². The summed E-state index contributed by atoms with van der Waals surface area (Å²) in [6.45, 7) is 3.05. The molecule has 1 unspecified atom stereocenters. The molecule has 31 heavy (non-hydrogen) atoms. The number of nitrogens with zero attached hydrogens (tertiary/aromatic N) is 3. The topological polar surface area (TPSA) is 79.1 Å². The lowest BCUT2D eigenvalue weighted by molar-refractivity contribution is 0.0579. The van der Waals surface area contributed by atoms with Gasteiger partial charge < -0.3 is 10.5 Å². The van der Waals surface area contributed by atoms with Gasteiger partial charge in [0.2, 0.25) is 0 Å². The van der Waals surface area contributed by atoms with Crippen LogP contribution in [0.5, 0.6) is 5.75 Å². The summed E-state index contributed by atoms with van der Waals surface area (Å²) in [4.78, 5) is 27.9. The molecular weight excluding hydrogens is 459 g/mol. The van der Waals surface area contributed by atoms with Crippen LogP contribution in [0.3, 0.4) is 0 Å². The maximum atomic E-state index is 13.2. The third kappa shape index (κ3) is 5.50. The minimum absolute atomic E-state index is 0.186. The van der Waals surface area contributed by atoms with Gasteiger partial charge in [-0.3, -0.25) is 9.80 Å². The normalized spacial score (nSPS) is 14.6. The summed E-state index contributed by atoms with van der Waals surface area (Å²) in [5, 5.41) is 0.928. The molecule has 2 aromatic rings. The molecule has 0 aliphatic carbocycles. The van der Waals surface area contributed by atoms with E-state index in [1.54, 1.807) is 52.3 Å². The van der Waals surface area contributed by atoms with Crippen molar-refractivity contribution in [3.63, 3.8) is 0 Å². The standard InChI is InChI=1S/C21H24Cl2N4O3S/c1-2-3-7-19(30-16-6-4-5-15(13-16)27(31)20(24)28)26-11-10-25(21(26)29)18-9-8-14(22)12-17(18)23/h4-6,8-9,12-13,19,31H,2-3,7,10-11H2,1H3,(H2,24,28). The third-order valence-corrected chi connectivity index (χ3v) is 5.90. The molecule has 3 rings (SSSR count). The monoisotopic (exact) mass is 482 g/mol. The summed E-state index contributed by atoms with van der Waals surface area (Å²) in [7, 11) is 0. The predicted molar refractivity (Wildman–Crippen MR) is 127 cm³/mol. The van der Waals surface area contributed by atoms with Crippen molar-refractivity contribution < 1.29 is 14.3 Å². The first-order chi connectivity index (χ1) is 14.8. The molecular formula is C21H24Cl2N4O3S. The fourth-order valence-corrected chi connectivity index (χ4v) is 4.01. The average molecular weight is 483 g/mol. The van der Waals surface area contributed by atoms with Gasteiger partial charge >= 0.3 is 12.1 Å². The van der Waals surface area contributed by atoms with Crippen molar-refractivity contribution >= 4 is 59.5 Å². The average Bonchev–Trinajstić information content (AvgIpc) is 3.11. The molecule has 1 saturated heterocycles. The second-order valence-electron chi connectivity index (χ2n) is 7.09. The number of unbranched alkanes of at least 4 members (excludes halogenated alkanes) is 1. The minimum atomic E-state index is -0.701. The number of nitrogens with two attached hydrogens (primary N) is 1. The number of ether oxygens (including phenoxy) is 1. The van der Waals surface area contributed by atoms with Crippen molar-refractivity contribution in [2.24, 2.45) is 5.73 Å². The van der Waals surface area contributed by atoms with Gasteiger partial charge in [0.25, 0.3) is 0 Å². The van der Waals surface area contributed by atoms with E-state index in [9.17, 15) is 9.59 Å². The second kappa shape index (κ2) is 10.3. The van der Waals surface area contributed by atoms with E-state index in [4.69, 9.17) is 33.7 Å². The lowest BCUT2D eigenvalue weighted by atomic mass is 10.2. The van der Waals surface area contributed by atoms with Crippen LogP contribution >= 0.6 is 36.0 Å². The van der Waals surface area contributed by atoms with Crippen molar-refractivity contribution in [3.8, 4) is 5.75 Å². The van der Waals surface area contributed by atoms with Gasteiger partial charge in [-0.25, -0.2) is 13.9 Å². The van der Waals surface area contributed by atoms with Gasteiger partial charge in [-0.2, -0.15) is 0 Å². The molecule has 7 nitrogen and oxygen atoms in total. The number of rotatable bonds is 8. The number of carbonyl (C=O) groups is 2. The highest BCUT2D eigenvalue weighted by molar-refractivity contribution is 7.82. The number of amides is 4. The molecule has 1 aliphatic heterocycles. The van der Waals surface area contributed by atoms with Gasteiger partial charge in [-0.05, 0) is 36.8 Å². The number of thiol groups is 1. The first-order valence-electron chi connectivity index (χ1n) is 9.90. The number of anilines is 2. The predicted octanol–water partition coefficient (Wildman–Crippen LogP) is 5.56. The Morgan fingerprint density at radius 2 is 2.03 bits per heavy atom. The van der Waals surface area contributed by atoms with Gasteiger partial charge in [0.15, 0.2) is 6.23 Å². The molecule has 10 heteroatoms. The Hall–Kier alpha value is -2.29. The highest BCUT2D eigenvalue weighted by Crippen LogP contribution is 2.33. The Kier molecular flexibility index (Phi) is 7.80. The van der Waals surface area contributed by atoms with Crippen LogP contribution in [0.1, 0.15) is 26.2 Å². The number of benzene rings is 2. The van der Waals surface area contributed by atoms with Crippen molar-refractivity contribution in [1.29, 1.82) is 0 Å². The molecule has 2 aromatic carbocycles. The number of halogens is 2. The summed E-state index contributed by atoms with van der Waals surface area (Å²) in [5.41, 5.74) is 6.38. The van der Waals surface area contributed by atoms with E-state index in [-0.39, 0.29) is 6.03 Å². The van der Waals surface area contributed by atoms with Crippen LogP contribution in [0.25, 0.3) is 0 Å². The van der Waals surface area contributed by atoms with Crippen LogP contribution in [0.4, 0.5) is 21.0 Å². The Balaban J connectivity index is 1.80. The van der Waals surface area contributed by atoms with E-state index in [1.165, 1.54) is 0 Å². The summed E-state index contributed by atoms with van der Waals surface area (Å²) >= 11 is 16.4. The lowest BCUT2D eigenvalue weighted by Crippen LogP contribution is -2.42. The largest absolute Gasteiger partial charge is 0.470 e. The Morgan fingerprint density at radius 1 is 1.26 bits per heavy atom. The highest BCUT2D eigenvalue weighted by Gasteiger charge is 2.36. The molecule has 1 atom stereocenters. The maximum absolute atomic E-state index is 13.2. The lowest BCUT2D eigenvalue weighted by Gasteiger charge is -2.29. The van der Waals surface area contributed by atoms with Gasteiger partial charge in [0, 0.05) is 30.6 Å². The maximum Gasteiger partial charge on any atom is 0.329 e. The minimum Gasteiger partial charge on any atom is -0.470 e. The van der Waals surface area contributed by atoms with E-state index < -0.39 is 12.3 Å². The Morgan fingerprint density at radius 3 is 2.71 bits per heavy atom. The van der Waals surface area contributed by atoms with E-state index in [2.05, 4.69) is 19.7 Å². The molecule has 1 fully saturated rings. The Bertz CT molecular complexity index is 962. The zero-order chi connectivity index (χ0) is 22.5. The number of urea groups is 2. The smallest absolute Gasteiger partial charge is 0.329 e. The van der Waals surface area contributed by atoms with Crippen molar-refractivity contribution in [2.75, 3.05) is 22.3 Å². The molecule has 0 bridgehead atoms. The van der Waals surface area contributed by atoms with E-state index in [1.807, 2.05) is 0 Å². The number of hydrogen-bond acceptors (Lipinski definition) is 4. The van der Waals surface area contributed by atoms with Crippen LogP contribution in [-0.4, -0.2) is 36.3 Å². The van der Waals surface area contributed by atoms with Crippen molar-refractivity contribution in [2.45, 2.75) is 32.4 Å². The van der Waals surface area contributed by atoms with Crippen LogP contribution in [0, 0.1) is 0 Å². The molecule has 1 heterocycles. The van der Waals surface area contributed by atoms with Gasteiger partial charge in [-0.1, -0.05) is 55.4 Å². The van der Waals surface area contributed by atoms with Gasteiger partial charge in [-0.15, -0.1) is 0 Å². The molecule has 0 radical (unpaired) electrons. The van der Waals surface area contributed by atoms with Gasteiger partial charge in [0.05, 0.1) is 16.4 Å². The zero-order valence-corrected chi connectivity index (χ0v) is 19.4. The SMILES string of the molecule is CCCCC(Oc1cccc(N(S)C(N)=O)c1)N1CCN(c2ccc(Cl)cc2Cl)C1=O. The Labute approximate surface area is 197 Å². The van der Waals surface area contributed by atoms with E-state index in [0.717, 1.165) is 17.1 Å². The van der Waals surface area contributed by atoms with E-state index >= 15 is 0 Å². The first kappa shape index (κ1) is 23.4. The molecule has 166 valence electrons. The molecule has 2 N–H and O–H groups in total. The van der Waals surface area contributed by atoms with Crippen molar-refractivity contribution in [3.05, 3.63) is 52.5 Å². The summed E-state index contributed by atoms with van der Waals surface area (Å²) < 4.78 is 7.21. The number of hydrogen-bond donors (Lipinski definition) is 2. The van der Waals surface area contributed by atoms with Crippen LogP contribution in [0.2, 0.25) is 10.0 Å². The molecule has 0 saturated carbocycles. The van der Waals surface area contributed by atoms with Crippen molar-refractivity contribution in [1.82, 2.24) is 4.90 Å². The molecule has 0 spiro atoms. The number of primary amides is 1. The quantitative estimate of drug-likeness (QED) is 0.483. The fraction of sp³-hybridized carbons (Fsp3) is 0.333.